The van der Waals surface area contributed by atoms with E-state index in [0.717, 1.165) is 50.0 Å². The minimum absolute atomic E-state index is 0.0583. The van der Waals surface area contributed by atoms with Gasteiger partial charge < -0.3 is 9.72 Å². The quantitative estimate of drug-likeness (QED) is 0.474. The van der Waals surface area contributed by atoms with Gasteiger partial charge in [-0.2, -0.15) is 0 Å². The molecule has 5 rings (SSSR count). The van der Waals surface area contributed by atoms with Gasteiger partial charge in [0.2, 0.25) is 0 Å². The molecule has 3 nitrogen and oxygen atoms in total. The van der Waals surface area contributed by atoms with E-state index >= 15 is 0 Å². The van der Waals surface area contributed by atoms with Gasteiger partial charge in [-0.25, -0.2) is 0 Å². The summed E-state index contributed by atoms with van der Waals surface area (Å²) in [5.41, 5.74) is 5.81. The molecule has 1 aliphatic heterocycles. The number of benzene rings is 3. The highest BCUT2D eigenvalue weighted by Crippen LogP contribution is 2.46. The summed E-state index contributed by atoms with van der Waals surface area (Å²) in [7, 11) is 0. The molecule has 0 saturated carbocycles. The fourth-order valence-corrected chi connectivity index (χ4v) is 4.53. The van der Waals surface area contributed by atoms with Gasteiger partial charge in [-0.05, 0) is 29.7 Å². The molecule has 0 atom stereocenters. The number of hydrogen-bond donors (Lipinski definition) is 1. The Morgan fingerprint density at radius 2 is 1.52 bits per heavy atom. The van der Waals surface area contributed by atoms with Gasteiger partial charge in [0.15, 0.2) is 0 Å². The van der Waals surface area contributed by atoms with E-state index in [9.17, 15) is 4.79 Å². The Hall–Kier alpha value is -3.33. The van der Waals surface area contributed by atoms with Crippen molar-refractivity contribution in [3.63, 3.8) is 0 Å². The zero-order chi connectivity index (χ0) is 20.2. The fourth-order valence-electron chi connectivity index (χ4n) is 4.53. The molecule has 3 aromatic carbocycles. The molecule has 0 fully saturated rings. The monoisotopic (exact) mass is 381 g/mol. The third-order valence-corrected chi connectivity index (χ3v) is 5.84. The third kappa shape index (κ3) is 2.69. The summed E-state index contributed by atoms with van der Waals surface area (Å²) < 4.78 is 5.97. The maximum atomic E-state index is 13.4. The normalized spacial score (nSPS) is 14.6. The summed E-state index contributed by atoms with van der Waals surface area (Å²) in [5.74, 6) is 0.831. The number of hydrogen-bond acceptors (Lipinski definition) is 2. The lowest BCUT2D eigenvalue weighted by molar-refractivity contribution is 0.291. The highest BCUT2D eigenvalue weighted by atomic mass is 16.5. The van der Waals surface area contributed by atoms with Crippen molar-refractivity contribution in [3.05, 3.63) is 88.2 Å². The molecule has 144 valence electrons. The summed E-state index contributed by atoms with van der Waals surface area (Å²) in [6, 6.07) is 22.5. The van der Waals surface area contributed by atoms with E-state index in [-0.39, 0.29) is 11.0 Å². The Bertz CT molecular complexity index is 1290. The first-order valence-corrected chi connectivity index (χ1v) is 9.95. The molecule has 0 aliphatic carbocycles. The average Bonchev–Trinajstić information content (AvgIpc) is 3.03. The molecule has 29 heavy (non-hydrogen) atoms. The van der Waals surface area contributed by atoms with Crippen molar-refractivity contribution in [2.45, 2.75) is 26.2 Å². The molecule has 0 saturated heterocycles. The highest BCUT2D eigenvalue weighted by molar-refractivity contribution is 6.06. The number of aromatic amines is 1. The summed E-state index contributed by atoms with van der Waals surface area (Å²) in [5, 5.41) is 1.76. The van der Waals surface area contributed by atoms with Gasteiger partial charge in [-0.15, -0.1) is 0 Å². The van der Waals surface area contributed by atoms with Crippen LogP contribution >= 0.6 is 0 Å². The third-order valence-electron chi connectivity index (χ3n) is 5.84. The Balaban J connectivity index is 2.01. The average molecular weight is 381 g/mol. The van der Waals surface area contributed by atoms with Crippen LogP contribution in [0.2, 0.25) is 0 Å². The van der Waals surface area contributed by atoms with Gasteiger partial charge >= 0.3 is 0 Å². The number of aromatic nitrogens is 1. The van der Waals surface area contributed by atoms with Gasteiger partial charge in [-0.1, -0.05) is 74.5 Å². The summed E-state index contributed by atoms with van der Waals surface area (Å²) in [6.45, 7) is 6.93. The number of pyridine rings is 1. The molecule has 1 N–H and O–H groups in total. The number of nitrogens with one attached hydrogen (secondary N) is 1. The maximum Gasteiger partial charge on any atom is 0.256 e. The van der Waals surface area contributed by atoms with E-state index in [1.165, 1.54) is 0 Å². The van der Waals surface area contributed by atoms with Gasteiger partial charge in [-0.3, -0.25) is 4.79 Å². The summed E-state index contributed by atoms with van der Waals surface area (Å²) >= 11 is 0. The first-order chi connectivity index (χ1) is 14.0. The standard InChI is InChI=1S/C26H23NO2/c1-16-14-19-23(26(2,3)15-29-19)22-20(16)21(17-10-6-4-7-11-17)24(27-25(22)28)18-12-8-5-9-13-18/h4-14H,15H2,1-3H3,(H,27,28). The molecule has 0 spiro atoms. The zero-order valence-electron chi connectivity index (χ0n) is 16.9. The van der Waals surface area contributed by atoms with Crippen molar-refractivity contribution < 1.29 is 4.74 Å². The van der Waals surface area contributed by atoms with Crippen LogP contribution in [0.3, 0.4) is 0 Å². The number of aryl methyl sites for hydroxylation is 1. The van der Waals surface area contributed by atoms with Crippen molar-refractivity contribution >= 4 is 10.8 Å². The number of ether oxygens (including phenoxy) is 1. The first-order valence-electron chi connectivity index (χ1n) is 9.95. The Morgan fingerprint density at radius 1 is 0.897 bits per heavy atom. The van der Waals surface area contributed by atoms with Gasteiger partial charge in [0.05, 0.1) is 17.7 Å². The molecule has 1 aromatic heterocycles. The molecule has 0 unspecified atom stereocenters. The second kappa shape index (κ2) is 6.35. The van der Waals surface area contributed by atoms with Crippen LogP contribution in [0.15, 0.2) is 71.5 Å². The predicted molar refractivity (Wildman–Crippen MR) is 119 cm³/mol. The fraction of sp³-hybridized carbons (Fsp3) is 0.192. The summed E-state index contributed by atoms with van der Waals surface area (Å²) in [4.78, 5) is 16.7. The van der Waals surface area contributed by atoms with E-state index < -0.39 is 0 Å². The molecular weight excluding hydrogens is 358 g/mol. The molecular formula is C26H23NO2. The highest BCUT2D eigenvalue weighted by Gasteiger charge is 2.36. The first kappa shape index (κ1) is 17.7. The van der Waals surface area contributed by atoms with Gasteiger partial charge in [0.1, 0.15) is 5.75 Å². The van der Waals surface area contributed by atoms with Crippen LogP contribution in [0.1, 0.15) is 25.0 Å². The molecule has 0 amide bonds. The number of fused-ring (bicyclic) bond motifs is 3. The van der Waals surface area contributed by atoms with Crippen LogP contribution in [0, 0.1) is 6.92 Å². The topological polar surface area (TPSA) is 42.1 Å². The van der Waals surface area contributed by atoms with E-state index in [2.05, 4.69) is 44.0 Å². The lowest BCUT2D eigenvalue weighted by Gasteiger charge is -2.21. The molecule has 0 bridgehead atoms. The predicted octanol–water partition coefficient (Wildman–Crippen LogP) is 5.84. The number of H-pyrrole nitrogens is 1. The largest absolute Gasteiger partial charge is 0.492 e. The van der Waals surface area contributed by atoms with E-state index in [1.54, 1.807) is 0 Å². The van der Waals surface area contributed by atoms with Crippen LogP contribution in [0.5, 0.6) is 5.75 Å². The zero-order valence-corrected chi connectivity index (χ0v) is 16.9. The minimum Gasteiger partial charge on any atom is -0.492 e. The van der Waals surface area contributed by atoms with Crippen LogP contribution in [0.25, 0.3) is 33.2 Å². The summed E-state index contributed by atoms with van der Waals surface area (Å²) in [6.07, 6.45) is 0. The molecule has 4 aromatic rings. The van der Waals surface area contributed by atoms with E-state index in [0.29, 0.717) is 6.61 Å². The SMILES string of the molecule is Cc1cc2c(c3c(=O)[nH]c(-c4ccccc4)c(-c4ccccc4)c13)C(C)(C)CO2. The maximum absolute atomic E-state index is 13.4. The minimum atomic E-state index is -0.212. The Labute approximate surface area is 170 Å². The van der Waals surface area contributed by atoms with Crippen LogP contribution in [-0.4, -0.2) is 11.6 Å². The van der Waals surface area contributed by atoms with Gasteiger partial charge in [0, 0.05) is 21.9 Å². The number of rotatable bonds is 2. The molecule has 3 heteroatoms. The van der Waals surface area contributed by atoms with E-state index in [4.69, 9.17) is 4.74 Å². The second-order valence-corrected chi connectivity index (χ2v) is 8.43. The second-order valence-electron chi connectivity index (χ2n) is 8.43. The van der Waals surface area contributed by atoms with Crippen molar-refractivity contribution in [3.8, 4) is 28.1 Å². The van der Waals surface area contributed by atoms with Crippen molar-refractivity contribution in [1.29, 1.82) is 0 Å². The van der Waals surface area contributed by atoms with Crippen LogP contribution in [0.4, 0.5) is 0 Å². The molecule has 0 radical (unpaired) electrons. The Kier molecular flexibility index (Phi) is 3.88. The van der Waals surface area contributed by atoms with E-state index in [1.807, 2.05) is 48.5 Å². The molecule has 2 heterocycles. The lowest BCUT2D eigenvalue weighted by atomic mass is 9.81. The molecule has 1 aliphatic rings. The smallest absolute Gasteiger partial charge is 0.256 e. The van der Waals surface area contributed by atoms with Crippen LogP contribution < -0.4 is 10.3 Å². The van der Waals surface area contributed by atoms with Crippen molar-refractivity contribution in [1.82, 2.24) is 4.98 Å². The van der Waals surface area contributed by atoms with Gasteiger partial charge in [0.25, 0.3) is 5.56 Å². The van der Waals surface area contributed by atoms with Crippen LogP contribution in [-0.2, 0) is 5.41 Å². The lowest BCUT2D eigenvalue weighted by Crippen LogP contribution is -2.22. The van der Waals surface area contributed by atoms with Crippen molar-refractivity contribution in [2.75, 3.05) is 6.61 Å². The van der Waals surface area contributed by atoms with Crippen molar-refractivity contribution in [2.24, 2.45) is 0 Å². The Morgan fingerprint density at radius 3 is 2.17 bits per heavy atom.